The van der Waals surface area contributed by atoms with Gasteiger partial charge in [-0.25, -0.2) is 4.99 Å². The molecule has 2 aromatic carbocycles. The maximum atomic E-state index is 5.07. The Hall–Kier alpha value is -1.99. The van der Waals surface area contributed by atoms with Crippen LogP contribution in [-0.2, 0) is 16.5 Å². The van der Waals surface area contributed by atoms with Gasteiger partial charge in [0.15, 0.2) is 0 Å². The second kappa shape index (κ2) is 13.3. The van der Waals surface area contributed by atoms with Crippen molar-refractivity contribution in [2.75, 3.05) is 0 Å². The van der Waals surface area contributed by atoms with E-state index < -0.39 is 0 Å². The van der Waals surface area contributed by atoms with E-state index in [4.69, 9.17) is 9.98 Å². The molecule has 0 aliphatic rings. The zero-order valence-corrected chi connectivity index (χ0v) is 20.4. The number of unbranched alkanes of at least 4 members (excludes halogenated alkanes) is 3. The summed E-state index contributed by atoms with van der Waals surface area (Å²) < 4.78 is 0. The van der Waals surface area contributed by atoms with Crippen LogP contribution in [0.2, 0.25) is 0 Å². The van der Waals surface area contributed by atoms with Crippen molar-refractivity contribution in [3.63, 3.8) is 0 Å². The van der Waals surface area contributed by atoms with Crippen LogP contribution < -0.4 is 0 Å². The van der Waals surface area contributed by atoms with E-state index in [1.807, 2.05) is 6.92 Å². The average molecular weight is 447 g/mol. The molecule has 0 radical (unpaired) electrons. The molecule has 3 heteroatoms. The van der Waals surface area contributed by atoms with E-state index in [1.54, 1.807) is 0 Å². The largest absolute Gasteiger partial charge is 0.251 e. The Labute approximate surface area is 193 Å². The van der Waals surface area contributed by atoms with E-state index in [9.17, 15) is 0 Å². The fraction of sp³-hybridized carbons (Fsp3) is 0.407. The molecule has 0 amide bonds. The SMILES string of the molecule is CC=CC(=Nc1cc(C)cc(C)c1)C(CCCCCC)=Nc1cc(C)cc(C)c1.[Ni]. The number of rotatable bonds is 9. The Balaban J connectivity index is 0.00000450. The van der Waals surface area contributed by atoms with Gasteiger partial charge in [-0.05, 0) is 100 Å². The van der Waals surface area contributed by atoms with Crippen molar-refractivity contribution < 1.29 is 16.5 Å². The van der Waals surface area contributed by atoms with Crippen LogP contribution in [0.4, 0.5) is 11.4 Å². The minimum Gasteiger partial charge on any atom is -0.251 e. The third kappa shape index (κ3) is 8.80. The molecule has 0 saturated heterocycles. The van der Waals surface area contributed by atoms with Crippen LogP contribution in [0.3, 0.4) is 0 Å². The van der Waals surface area contributed by atoms with Gasteiger partial charge in [0.25, 0.3) is 0 Å². The van der Waals surface area contributed by atoms with Crippen molar-refractivity contribution >= 4 is 22.8 Å². The van der Waals surface area contributed by atoms with E-state index in [0.717, 1.165) is 35.6 Å². The first-order valence-corrected chi connectivity index (χ1v) is 10.9. The molecule has 2 aromatic rings. The second-order valence-electron chi connectivity index (χ2n) is 8.06. The smallest absolute Gasteiger partial charge is 0.0848 e. The number of hydrogen-bond acceptors (Lipinski definition) is 2. The first-order valence-electron chi connectivity index (χ1n) is 10.9. The molecule has 164 valence electrons. The molecule has 0 aliphatic carbocycles. The van der Waals surface area contributed by atoms with Crippen LogP contribution in [0.25, 0.3) is 0 Å². The Morgan fingerprint density at radius 3 is 1.70 bits per heavy atom. The maximum absolute atomic E-state index is 5.07. The van der Waals surface area contributed by atoms with E-state index in [0.29, 0.717) is 0 Å². The van der Waals surface area contributed by atoms with Crippen molar-refractivity contribution in [3.8, 4) is 0 Å². The number of aliphatic imine (C=N–C) groups is 2. The first kappa shape index (κ1) is 26.0. The molecule has 0 fully saturated rings. The zero-order chi connectivity index (χ0) is 21.2. The molecule has 0 aliphatic heterocycles. The standard InChI is InChI=1S/C27H36N2.Ni/c1-7-9-10-11-13-27(29-25-18-22(5)15-23(6)19-25)26(12-8-2)28-24-16-20(3)14-21(4)17-24;/h8,12,14-19H,7,9-11,13H2,1-6H3;. The molecule has 30 heavy (non-hydrogen) atoms. The van der Waals surface area contributed by atoms with Gasteiger partial charge >= 0.3 is 0 Å². The van der Waals surface area contributed by atoms with Gasteiger partial charge in [0.2, 0.25) is 0 Å². The monoisotopic (exact) mass is 446 g/mol. The summed E-state index contributed by atoms with van der Waals surface area (Å²) in [5.74, 6) is 0. The molecule has 0 saturated carbocycles. The van der Waals surface area contributed by atoms with Gasteiger partial charge in [0, 0.05) is 16.5 Å². The molecule has 0 aromatic heterocycles. The molecule has 0 spiro atoms. The molecule has 2 rings (SSSR count). The fourth-order valence-corrected chi connectivity index (χ4v) is 3.64. The van der Waals surface area contributed by atoms with Crippen molar-refractivity contribution in [3.05, 3.63) is 70.8 Å². The Bertz CT molecular complexity index is 867. The van der Waals surface area contributed by atoms with E-state index in [1.165, 1.54) is 41.5 Å². The summed E-state index contributed by atoms with van der Waals surface area (Å²) in [6.45, 7) is 12.8. The third-order valence-corrected chi connectivity index (χ3v) is 4.81. The summed E-state index contributed by atoms with van der Waals surface area (Å²) in [6.07, 6.45) is 9.98. The molecule has 0 atom stereocenters. The summed E-state index contributed by atoms with van der Waals surface area (Å²) in [6, 6.07) is 13.0. The molecule has 0 heterocycles. The van der Waals surface area contributed by atoms with Crippen LogP contribution in [-0.4, -0.2) is 11.4 Å². The van der Waals surface area contributed by atoms with Crippen LogP contribution >= 0.6 is 0 Å². The number of allylic oxidation sites excluding steroid dienone is 2. The van der Waals surface area contributed by atoms with Crippen LogP contribution in [0.5, 0.6) is 0 Å². The maximum Gasteiger partial charge on any atom is 0.0848 e. The average Bonchev–Trinajstić information content (AvgIpc) is 2.62. The summed E-state index contributed by atoms with van der Waals surface area (Å²) in [5.41, 5.74) is 9.01. The zero-order valence-electron chi connectivity index (χ0n) is 19.4. The van der Waals surface area contributed by atoms with Gasteiger partial charge < -0.3 is 0 Å². The minimum absolute atomic E-state index is 0. The third-order valence-electron chi connectivity index (χ3n) is 4.81. The van der Waals surface area contributed by atoms with Gasteiger partial charge in [0.1, 0.15) is 0 Å². The van der Waals surface area contributed by atoms with E-state index in [-0.39, 0.29) is 16.5 Å². The molecular formula is C27H36N2Ni. The molecule has 0 N–H and O–H groups in total. The second-order valence-corrected chi connectivity index (χ2v) is 8.06. The summed E-state index contributed by atoms with van der Waals surface area (Å²) in [7, 11) is 0. The van der Waals surface area contributed by atoms with Crippen molar-refractivity contribution in [2.24, 2.45) is 9.98 Å². The van der Waals surface area contributed by atoms with Crippen LogP contribution in [0.15, 0.2) is 58.5 Å². The Kier molecular flexibility index (Phi) is 11.6. The predicted octanol–water partition coefficient (Wildman–Crippen LogP) is 8.31. The predicted molar refractivity (Wildman–Crippen MR) is 130 cm³/mol. The number of nitrogens with zero attached hydrogens (tertiary/aromatic N) is 2. The van der Waals surface area contributed by atoms with Crippen molar-refractivity contribution in [2.45, 2.75) is 73.6 Å². The Morgan fingerprint density at radius 1 is 0.733 bits per heavy atom. The summed E-state index contributed by atoms with van der Waals surface area (Å²) >= 11 is 0. The van der Waals surface area contributed by atoms with Crippen molar-refractivity contribution in [1.29, 1.82) is 0 Å². The Morgan fingerprint density at radius 2 is 1.23 bits per heavy atom. The van der Waals surface area contributed by atoms with Gasteiger partial charge in [-0.2, -0.15) is 0 Å². The van der Waals surface area contributed by atoms with Gasteiger partial charge in [-0.3, -0.25) is 4.99 Å². The van der Waals surface area contributed by atoms with Crippen molar-refractivity contribution in [1.82, 2.24) is 0 Å². The van der Waals surface area contributed by atoms with Gasteiger partial charge in [-0.15, -0.1) is 0 Å². The van der Waals surface area contributed by atoms with Crippen LogP contribution in [0.1, 0.15) is 68.2 Å². The normalized spacial score (nSPS) is 12.3. The number of hydrogen-bond donors (Lipinski definition) is 0. The molecule has 0 bridgehead atoms. The fourth-order valence-electron chi connectivity index (χ4n) is 3.64. The summed E-state index contributed by atoms with van der Waals surface area (Å²) in [5, 5.41) is 0. The number of aryl methyl sites for hydroxylation is 4. The molecule has 0 unspecified atom stereocenters. The molecular weight excluding hydrogens is 411 g/mol. The van der Waals surface area contributed by atoms with Crippen LogP contribution in [0, 0.1) is 27.7 Å². The summed E-state index contributed by atoms with van der Waals surface area (Å²) in [4.78, 5) is 10.1. The van der Waals surface area contributed by atoms with Gasteiger partial charge in [0.05, 0.1) is 22.8 Å². The number of benzene rings is 2. The molecule has 2 nitrogen and oxygen atoms in total. The van der Waals surface area contributed by atoms with E-state index >= 15 is 0 Å². The van der Waals surface area contributed by atoms with E-state index in [2.05, 4.69) is 83.2 Å². The quantitative estimate of drug-likeness (QED) is 0.210. The topological polar surface area (TPSA) is 24.7 Å². The first-order chi connectivity index (χ1) is 13.9. The van der Waals surface area contributed by atoms with Gasteiger partial charge in [-0.1, -0.05) is 44.4 Å². The minimum atomic E-state index is 0.